The predicted molar refractivity (Wildman–Crippen MR) is 122 cm³/mol. The Labute approximate surface area is 304 Å². The summed E-state index contributed by atoms with van der Waals surface area (Å²) in [6.45, 7) is 0. The molecule has 4 aromatic rings. The van der Waals surface area contributed by atoms with E-state index in [1.54, 1.807) is 12.1 Å². The van der Waals surface area contributed by atoms with E-state index >= 15 is 0 Å². The van der Waals surface area contributed by atoms with Crippen LogP contribution in [0.25, 0.3) is 33.2 Å². The van der Waals surface area contributed by atoms with Crippen molar-refractivity contribution in [1.29, 1.82) is 0 Å². The van der Waals surface area contributed by atoms with Crippen LogP contribution in [-0.4, -0.2) is 35.9 Å². The molecule has 4 rings (SSSR count). The Balaban J connectivity index is 0.00000204. The fourth-order valence-electron chi connectivity index (χ4n) is 3.11. The minimum atomic E-state index is -5.30. The molecule has 0 aliphatic rings. The van der Waals surface area contributed by atoms with Gasteiger partial charge < -0.3 is 27.4 Å². The molecule has 0 radical (unpaired) electrons. The van der Waals surface area contributed by atoms with Gasteiger partial charge in [0, 0.05) is 8.95 Å². The minimum absolute atomic E-state index is 0. The molecule has 0 atom stereocenters. The molecule has 2 heterocycles. The van der Waals surface area contributed by atoms with E-state index in [0.29, 0.717) is 8.95 Å². The summed E-state index contributed by atoms with van der Waals surface area (Å²) < 4.78 is 78.7. The van der Waals surface area contributed by atoms with Crippen molar-refractivity contribution in [2.75, 3.05) is 0 Å². The first-order valence-electron chi connectivity index (χ1n) is 8.07. The number of H-pyrrole nitrogens is 2. The van der Waals surface area contributed by atoms with E-state index in [9.17, 15) is 25.9 Å². The maximum Gasteiger partial charge on any atom is 1.00 e. The number of hydrogen-bond acceptors (Lipinski definition) is 8. The second kappa shape index (κ2) is 11.9. The van der Waals surface area contributed by atoms with E-state index in [-0.39, 0.29) is 146 Å². The van der Waals surface area contributed by atoms with Crippen molar-refractivity contribution in [3.63, 3.8) is 0 Å². The average Bonchev–Trinajstić information content (AvgIpc) is 3.18. The molecule has 0 fully saturated rings. The van der Waals surface area contributed by atoms with E-state index < -0.39 is 32.3 Å². The predicted octanol–water partition coefficient (Wildman–Crippen LogP) is -1.17. The van der Waals surface area contributed by atoms with Crippen LogP contribution in [0.3, 0.4) is 0 Å². The fraction of sp³-hybridized carbons (Fsp3) is 0. The van der Waals surface area contributed by atoms with Crippen LogP contribution in [0.2, 0.25) is 10.0 Å². The van der Waals surface area contributed by atoms with Crippen molar-refractivity contribution in [2.45, 2.75) is 0 Å². The quantitative estimate of drug-likeness (QED) is 0.148. The molecule has 10 nitrogen and oxygen atoms in total. The molecule has 0 bridgehead atoms. The van der Waals surface area contributed by atoms with Gasteiger partial charge in [-0.25, -0.2) is 16.8 Å². The van der Waals surface area contributed by atoms with Gasteiger partial charge in [-0.2, -0.15) is 0 Å². The summed E-state index contributed by atoms with van der Waals surface area (Å²) in [4.78, 5) is 5.59. The molecular weight excluding hydrogens is 721 g/mol. The number of fused-ring (bicyclic) bond motifs is 2. The van der Waals surface area contributed by atoms with Crippen molar-refractivity contribution in [1.82, 2.24) is 9.97 Å². The van der Waals surface area contributed by atoms with Gasteiger partial charge >= 0.3 is 103 Å². The third-order valence-electron chi connectivity index (χ3n) is 4.24. The molecule has 170 valence electrons. The average molecular weight is 727 g/mol. The zero-order valence-electron chi connectivity index (χ0n) is 16.9. The van der Waals surface area contributed by atoms with Gasteiger partial charge in [-0.1, -0.05) is 23.2 Å². The van der Waals surface area contributed by atoms with Gasteiger partial charge in [0.2, 0.25) is 0 Å². The molecule has 0 saturated heterocycles. The molecule has 0 saturated carbocycles. The molecule has 2 aromatic carbocycles. The van der Waals surface area contributed by atoms with E-state index in [0.717, 1.165) is 0 Å². The third kappa shape index (κ3) is 6.66. The Morgan fingerprint density at radius 3 is 1.32 bits per heavy atom. The fourth-order valence-corrected chi connectivity index (χ4v) is 5.01. The van der Waals surface area contributed by atoms with E-state index in [1.807, 2.05) is 0 Å². The van der Waals surface area contributed by atoms with Crippen LogP contribution in [0.1, 0.15) is 0 Å². The van der Waals surface area contributed by atoms with Crippen LogP contribution >= 0.6 is 55.1 Å². The van der Waals surface area contributed by atoms with Crippen LogP contribution in [-0.2, 0) is 20.8 Å². The third-order valence-corrected chi connectivity index (χ3v) is 7.54. The molecule has 18 heteroatoms. The van der Waals surface area contributed by atoms with Gasteiger partial charge in [0.25, 0.3) is 20.8 Å². The maximum atomic E-state index is 11.4. The molecule has 2 N–H and O–H groups in total. The number of rotatable bonds is 5. The Morgan fingerprint density at radius 1 is 0.706 bits per heavy atom. The van der Waals surface area contributed by atoms with Gasteiger partial charge in [0.05, 0.1) is 31.9 Å². The van der Waals surface area contributed by atoms with E-state index in [1.165, 1.54) is 12.1 Å². The molecular formula is C16H6Br2Cl2K2N2O8S2. The van der Waals surface area contributed by atoms with Crippen LogP contribution < -0.4 is 111 Å². The number of nitrogens with one attached hydrogen (secondary N) is 2. The topological polar surface area (TPSA) is 164 Å². The van der Waals surface area contributed by atoms with Crippen LogP contribution in [0, 0.1) is 0 Å². The summed E-state index contributed by atoms with van der Waals surface area (Å²) in [6.07, 6.45) is 0. The second-order valence-corrected chi connectivity index (χ2v) is 10.6. The Kier molecular flexibility index (Phi) is 11.2. The molecule has 34 heavy (non-hydrogen) atoms. The molecule has 2 aromatic heterocycles. The first-order valence-corrected chi connectivity index (χ1v) is 13.1. The van der Waals surface area contributed by atoms with Crippen molar-refractivity contribution in [3.05, 3.63) is 43.3 Å². The summed E-state index contributed by atoms with van der Waals surface area (Å²) >= 11 is 18.9. The Hall–Kier alpha value is 1.75. The molecule has 0 spiro atoms. The van der Waals surface area contributed by atoms with Gasteiger partial charge in [-0.3, -0.25) is 0 Å². The summed E-state index contributed by atoms with van der Waals surface area (Å²) in [5.74, 6) is -1.09. The monoisotopic (exact) mass is 724 g/mol. The summed E-state index contributed by atoms with van der Waals surface area (Å²) in [5, 5.41) is -0.00596. The van der Waals surface area contributed by atoms with Gasteiger partial charge in [0.1, 0.15) is 11.4 Å². The number of hydrogen-bond donors (Lipinski definition) is 2. The van der Waals surface area contributed by atoms with E-state index in [2.05, 4.69) is 50.2 Å². The molecule has 0 aliphatic heterocycles. The van der Waals surface area contributed by atoms with Crippen LogP contribution in [0.15, 0.2) is 33.2 Å². The van der Waals surface area contributed by atoms with E-state index in [4.69, 9.17) is 23.2 Å². The largest absolute Gasteiger partial charge is 1.00 e. The molecule has 0 amide bonds. The van der Waals surface area contributed by atoms with Gasteiger partial charge in [-0.15, -0.1) is 0 Å². The van der Waals surface area contributed by atoms with Crippen molar-refractivity contribution in [2.24, 2.45) is 0 Å². The number of aromatic amines is 2. The Bertz CT molecular complexity index is 1520. The van der Waals surface area contributed by atoms with Gasteiger partial charge in [0.15, 0.2) is 11.5 Å². The minimum Gasteiger partial charge on any atom is -0.716 e. The zero-order valence-corrected chi connectivity index (χ0v) is 29.5. The zero-order chi connectivity index (χ0) is 23.6. The maximum absolute atomic E-state index is 11.4. The second-order valence-electron chi connectivity index (χ2n) is 6.21. The first kappa shape index (κ1) is 32.0. The number of aromatic nitrogens is 2. The first-order chi connectivity index (χ1) is 14.8. The molecule has 0 aliphatic carbocycles. The van der Waals surface area contributed by atoms with Crippen LogP contribution in [0.4, 0.5) is 0 Å². The van der Waals surface area contributed by atoms with Crippen LogP contribution in [0.5, 0.6) is 11.5 Å². The standard InChI is InChI=1S/C16H8Br2Cl2N2O8S2.2K/c17-5-1-3-7-9(11(5)19)15(29-31(23,24)25)13(21-7)14-16(30-32(26,27)28)10-8(22-14)4-2-6(18)12(10)20;;/h1-4,21-22H,(H,23,24,25)(H,26,27,28);;/q;2*+1/p-2. The van der Waals surface area contributed by atoms with Crippen molar-refractivity contribution >= 4 is 97.7 Å². The normalized spacial score (nSPS) is 11.8. The summed E-state index contributed by atoms with van der Waals surface area (Å²) in [6, 6.07) is 6.07. The van der Waals surface area contributed by atoms with Crippen molar-refractivity contribution in [3.8, 4) is 22.9 Å². The SMILES string of the molecule is O=S(=O)([O-])Oc1c(-c2[nH]c3ccc(Br)c(Cl)c3c2OS(=O)(=O)[O-])[nH]c2ccc(Br)c(Cl)c12.[K+].[K+]. The Morgan fingerprint density at radius 2 is 1.03 bits per heavy atom. The molecule has 0 unspecified atom stereocenters. The van der Waals surface area contributed by atoms with Crippen molar-refractivity contribution < 1.29 is 137 Å². The number of halogens is 4. The summed E-state index contributed by atoms with van der Waals surface area (Å²) in [7, 11) is -10.6. The summed E-state index contributed by atoms with van der Waals surface area (Å²) in [5.41, 5.74) is -0.00893. The smallest absolute Gasteiger partial charge is 0.716 e. The number of benzene rings is 2. The van der Waals surface area contributed by atoms with Gasteiger partial charge in [-0.05, 0) is 56.1 Å².